The average molecular weight is 167 g/mol. The Morgan fingerprint density at radius 2 is 1.57 bits per heavy atom. The Morgan fingerprint density at radius 1 is 1.43 bits per heavy atom. The Balaban J connectivity index is 0. The van der Waals surface area contributed by atoms with Crippen LogP contribution in [0, 0.1) is 5.41 Å². The molecule has 0 fully saturated rings. The van der Waals surface area contributed by atoms with E-state index in [-0.39, 0.29) is 17.0 Å². The predicted octanol–water partition coefficient (Wildman–Crippen LogP) is 1.12. The van der Waals surface area contributed by atoms with E-state index < -0.39 is 0 Å². The first-order chi connectivity index (χ1) is 2.64. The van der Waals surface area contributed by atoms with Crippen LogP contribution in [-0.2, 0) is 0 Å². The molecule has 0 bridgehead atoms. The largest absolute Gasteiger partial charge is 0.367 e. The lowest BCUT2D eigenvalue weighted by molar-refractivity contribution is 0.613. The first-order valence-corrected chi connectivity index (χ1v) is 1.87. The number of hydrogen-bond acceptors (Lipinski definition) is 1. The van der Waals surface area contributed by atoms with Crippen LogP contribution in [0.2, 0.25) is 0 Å². The molecule has 0 aliphatic heterocycles. The van der Waals surface area contributed by atoms with Crippen molar-refractivity contribution in [3.63, 3.8) is 0 Å². The van der Waals surface area contributed by atoms with Gasteiger partial charge in [-0.3, -0.25) is 5.41 Å². The van der Waals surface area contributed by atoms with Crippen LogP contribution in [-0.4, -0.2) is 24.8 Å². The van der Waals surface area contributed by atoms with Gasteiger partial charge in [0.05, 0.1) is 5.84 Å². The fourth-order valence-corrected chi connectivity index (χ4v) is 0. The van der Waals surface area contributed by atoms with Gasteiger partial charge in [-0.25, -0.2) is 0 Å². The first kappa shape index (κ1) is 10.0. The van der Waals surface area contributed by atoms with Crippen molar-refractivity contribution in [2.24, 2.45) is 0 Å². The van der Waals surface area contributed by atoms with Gasteiger partial charge in [0.15, 0.2) is 0 Å². The van der Waals surface area contributed by atoms with E-state index in [1.807, 2.05) is 14.1 Å². The summed E-state index contributed by atoms with van der Waals surface area (Å²) in [5.74, 6) is 0.593. The molecular weight excluding hydrogens is 156 g/mol. The monoisotopic (exact) mass is 166 g/mol. The van der Waals surface area contributed by atoms with Gasteiger partial charge in [-0.2, -0.15) is 0 Å². The third kappa shape index (κ3) is 5.95. The molecule has 0 saturated heterocycles. The smallest absolute Gasteiger partial charge is 0.0920 e. The third-order valence-electron chi connectivity index (χ3n) is 0.671. The van der Waals surface area contributed by atoms with Crippen LogP contribution >= 0.6 is 17.0 Å². The molecule has 7 heavy (non-hydrogen) atoms. The number of halogens is 1. The molecule has 0 radical (unpaired) electrons. The van der Waals surface area contributed by atoms with E-state index >= 15 is 0 Å². The second-order valence-electron chi connectivity index (χ2n) is 1.48. The summed E-state index contributed by atoms with van der Waals surface area (Å²) in [7, 11) is 3.70. The van der Waals surface area contributed by atoms with Crippen LogP contribution in [0.3, 0.4) is 0 Å². The van der Waals surface area contributed by atoms with Crippen molar-refractivity contribution in [1.29, 1.82) is 5.41 Å². The molecule has 0 aromatic carbocycles. The van der Waals surface area contributed by atoms with Crippen LogP contribution in [0.5, 0.6) is 0 Å². The molecule has 0 aromatic heterocycles. The lowest BCUT2D eigenvalue weighted by atomic mass is 10.6. The molecule has 0 rings (SSSR count). The molecule has 0 amide bonds. The maximum atomic E-state index is 6.88. The van der Waals surface area contributed by atoms with E-state index in [1.165, 1.54) is 0 Å². The summed E-state index contributed by atoms with van der Waals surface area (Å²) in [4.78, 5) is 1.75. The Labute approximate surface area is 54.8 Å². The topological polar surface area (TPSA) is 27.1 Å². The van der Waals surface area contributed by atoms with Gasteiger partial charge in [-0.05, 0) is 6.92 Å². The van der Waals surface area contributed by atoms with Gasteiger partial charge in [0, 0.05) is 14.1 Å². The molecule has 0 spiro atoms. The third-order valence-corrected chi connectivity index (χ3v) is 0.671. The molecule has 1 N–H and O–H groups in total. The van der Waals surface area contributed by atoms with E-state index in [2.05, 4.69) is 0 Å². The summed E-state index contributed by atoms with van der Waals surface area (Å²) in [6.45, 7) is 1.75. The molecule has 0 aliphatic rings. The fraction of sp³-hybridized carbons (Fsp3) is 0.750. The second kappa shape index (κ2) is 4.12. The molecule has 3 heteroatoms. The van der Waals surface area contributed by atoms with E-state index in [4.69, 9.17) is 5.41 Å². The Bertz CT molecular complexity index is 60.7. The number of hydrogen-bond donors (Lipinski definition) is 1. The molecule has 0 unspecified atom stereocenters. The molecule has 0 aromatic rings. The lowest BCUT2D eigenvalue weighted by Crippen LogP contribution is -2.16. The fourth-order valence-electron chi connectivity index (χ4n) is 0. The van der Waals surface area contributed by atoms with Crippen molar-refractivity contribution >= 4 is 22.8 Å². The van der Waals surface area contributed by atoms with Crippen molar-refractivity contribution in [1.82, 2.24) is 4.90 Å². The minimum absolute atomic E-state index is 0. The van der Waals surface area contributed by atoms with Crippen molar-refractivity contribution < 1.29 is 0 Å². The van der Waals surface area contributed by atoms with Gasteiger partial charge in [-0.1, -0.05) is 0 Å². The SMILES string of the molecule is Br.CC(=N)N(C)C. The quantitative estimate of drug-likeness (QED) is 0.424. The van der Waals surface area contributed by atoms with Crippen LogP contribution in [0.25, 0.3) is 0 Å². The zero-order valence-electron chi connectivity index (χ0n) is 4.86. The molecule has 0 heterocycles. The highest BCUT2D eigenvalue weighted by molar-refractivity contribution is 8.93. The summed E-state index contributed by atoms with van der Waals surface area (Å²) >= 11 is 0. The van der Waals surface area contributed by atoms with Gasteiger partial charge in [-0.15, -0.1) is 17.0 Å². The minimum atomic E-state index is 0. The lowest BCUT2D eigenvalue weighted by Gasteiger charge is -2.06. The molecule has 0 saturated carbocycles. The van der Waals surface area contributed by atoms with Crippen LogP contribution in [0.1, 0.15) is 6.92 Å². The highest BCUT2D eigenvalue weighted by Gasteiger charge is 1.81. The Kier molecular flexibility index (Phi) is 5.91. The molecule has 0 aliphatic carbocycles. The van der Waals surface area contributed by atoms with Gasteiger partial charge in [0.1, 0.15) is 0 Å². The highest BCUT2D eigenvalue weighted by atomic mass is 79.9. The Hall–Kier alpha value is -0.0500. The maximum absolute atomic E-state index is 6.88. The number of amidine groups is 1. The minimum Gasteiger partial charge on any atom is -0.367 e. The molecular formula is C4H11BrN2. The van der Waals surface area contributed by atoms with Crippen LogP contribution < -0.4 is 0 Å². The molecule has 44 valence electrons. The summed E-state index contributed by atoms with van der Waals surface area (Å²) in [5, 5.41) is 6.88. The number of nitrogens with zero attached hydrogens (tertiary/aromatic N) is 1. The second-order valence-corrected chi connectivity index (χ2v) is 1.48. The van der Waals surface area contributed by atoms with E-state index in [0.29, 0.717) is 5.84 Å². The highest BCUT2D eigenvalue weighted by Crippen LogP contribution is 1.70. The number of nitrogens with one attached hydrogen (secondary N) is 1. The predicted molar refractivity (Wildman–Crippen MR) is 37.4 cm³/mol. The standard InChI is InChI=1S/C4H10N2.BrH/c1-4(5)6(2)3;/h5H,1-3H3;1H. The maximum Gasteiger partial charge on any atom is 0.0920 e. The van der Waals surface area contributed by atoms with Crippen molar-refractivity contribution in [2.45, 2.75) is 6.92 Å². The van der Waals surface area contributed by atoms with E-state index in [0.717, 1.165) is 0 Å². The number of rotatable bonds is 0. The summed E-state index contributed by atoms with van der Waals surface area (Å²) in [6, 6.07) is 0. The van der Waals surface area contributed by atoms with Gasteiger partial charge in [0.25, 0.3) is 0 Å². The first-order valence-electron chi connectivity index (χ1n) is 1.87. The molecule has 2 nitrogen and oxygen atoms in total. The zero-order chi connectivity index (χ0) is 5.15. The van der Waals surface area contributed by atoms with Crippen molar-refractivity contribution in [3.8, 4) is 0 Å². The molecule has 0 atom stereocenters. The van der Waals surface area contributed by atoms with Gasteiger partial charge >= 0.3 is 0 Å². The normalized spacial score (nSPS) is 6.71. The van der Waals surface area contributed by atoms with Crippen LogP contribution in [0.15, 0.2) is 0 Å². The van der Waals surface area contributed by atoms with Crippen LogP contribution in [0.4, 0.5) is 0 Å². The zero-order valence-corrected chi connectivity index (χ0v) is 6.57. The van der Waals surface area contributed by atoms with Gasteiger partial charge in [0.2, 0.25) is 0 Å². The van der Waals surface area contributed by atoms with E-state index in [9.17, 15) is 0 Å². The summed E-state index contributed by atoms with van der Waals surface area (Å²) in [6.07, 6.45) is 0. The average Bonchev–Trinajstić information content (AvgIpc) is 1.36. The van der Waals surface area contributed by atoms with E-state index in [1.54, 1.807) is 11.8 Å². The van der Waals surface area contributed by atoms with Crippen molar-refractivity contribution in [3.05, 3.63) is 0 Å². The summed E-state index contributed by atoms with van der Waals surface area (Å²) < 4.78 is 0. The summed E-state index contributed by atoms with van der Waals surface area (Å²) in [5.41, 5.74) is 0. The van der Waals surface area contributed by atoms with Gasteiger partial charge < -0.3 is 4.90 Å². The Morgan fingerprint density at radius 3 is 1.57 bits per heavy atom. The van der Waals surface area contributed by atoms with Crippen molar-refractivity contribution in [2.75, 3.05) is 14.1 Å².